The molecule has 0 aliphatic heterocycles. The maximum atomic E-state index is 6.06. The largest absolute Gasteiger partial charge is 0.493 e. The first kappa shape index (κ1) is 13.9. The van der Waals surface area contributed by atoms with Crippen LogP contribution in [0.25, 0.3) is 0 Å². The van der Waals surface area contributed by atoms with Gasteiger partial charge in [0.25, 0.3) is 0 Å². The van der Waals surface area contributed by atoms with E-state index in [2.05, 4.69) is 27.7 Å². The van der Waals surface area contributed by atoms with Crippen LogP contribution in [0.5, 0.6) is 11.5 Å². The van der Waals surface area contributed by atoms with E-state index in [0.717, 1.165) is 17.9 Å². The molecule has 0 saturated heterocycles. The topological polar surface area (TPSA) is 18.5 Å². The fourth-order valence-electron chi connectivity index (χ4n) is 2.18. The summed E-state index contributed by atoms with van der Waals surface area (Å²) in [4.78, 5) is 0. The molecule has 0 aliphatic carbocycles. The van der Waals surface area contributed by atoms with Crippen LogP contribution in [0.15, 0.2) is 18.2 Å². The zero-order valence-electron chi connectivity index (χ0n) is 11.8. The van der Waals surface area contributed by atoms with Crippen LogP contribution in [0.2, 0.25) is 0 Å². The Morgan fingerprint density at radius 2 is 1.82 bits per heavy atom. The van der Waals surface area contributed by atoms with Gasteiger partial charge >= 0.3 is 0 Å². The Morgan fingerprint density at radius 3 is 2.35 bits per heavy atom. The molecule has 0 fully saturated rings. The first-order valence-corrected chi connectivity index (χ1v) is 6.18. The van der Waals surface area contributed by atoms with Crippen LogP contribution in [-0.4, -0.2) is 12.7 Å². The van der Waals surface area contributed by atoms with Gasteiger partial charge in [0.1, 0.15) is 5.60 Å². The first-order valence-electron chi connectivity index (χ1n) is 6.18. The summed E-state index contributed by atoms with van der Waals surface area (Å²) in [6.07, 6.45) is 1.02. The van der Waals surface area contributed by atoms with Crippen molar-refractivity contribution in [2.24, 2.45) is 5.92 Å². The van der Waals surface area contributed by atoms with Gasteiger partial charge in [0, 0.05) is 0 Å². The lowest BCUT2D eigenvalue weighted by Gasteiger charge is -2.29. The smallest absolute Gasteiger partial charge is 0.161 e. The Kier molecular flexibility index (Phi) is 4.44. The number of rotatable bonds is 5. The van der Waals surface area contributed by atoms with Crippen molar-refractivity contribution >= 4 is 0 Å². The predicted octanol–water partition coefficient (Wildman–Crippen LogP) is 4.21. The second-order valence-electron chi connectivity index (χ2n) is 5.61. The fraction of sp³-hybridized carbons (Fsp3) is 0.600. The minimum Gasteiger partial charge on any atom is -0.493 e. The summed E-state index contributed by atoms with van der Waals surface area (Å²) in [5, 5.41) is 0. The summed E-state index contributed by atoms with van der Waals surface area (Å²) in [6.45, 7) is 10.7. The molecule has 0 bridgehead atoms. The second kappa shape index (κ2) is 5.44. The van der Waals surface area contributed by atoms with Crippen LogP contribution in [0.1, 0.15) is 39.7 Å². The maximum Gasteiger partial charge on any atom is 0.161 e. The molecule has 2 heteroatoms. The monoisotopic (exact) mass is 236 g/mol. The highest BCUT2D eigenvalue weighted by molar-refractivity contribution is 5.42. The van der Waals surface area contributed by atoms with Gasteiger partial charge in [-0.05, 0) is 50.8 Å². The molecule has 0 atom stereocenters. The number of ether oxygens (including phenoxy) is 2. The van der Waals surface area contributed by atoms with Crippen LogP contribution in [0, 0.1) is 12.8 Å². The lowest BCUT2D eigenvalue weighted by atomic mass is 9.96. The zero-order valence-corrected chi connectivity index (χ0v) is 11.8. The van der Waals surface area contributed by atoms with Crippen LogP contribution in [-0.2, 0) is 0 Å². The van der Waals surface area contributed by atoms with Crippen LogP contribution >= 0.6 is 0 Å². The molecule has 0 heterocycles. The fourth-order valence-corrected chi connectivity index (χ4v) is 2.18. The molecule has 0 amide bonds. The van der Waals surface area contributed by atoms with E-state index in [1.54, 1.807) is 7.11 Å². The lowest BCUT2D eigenvalue weighted by molar-refractivity contribution is 0.0815. The molecule has 0 N–H and O–H groups in total. The average molecular weight is 236 g/mol. The molecule has 1 rings (SSSR count). The maximum absolute atomic E-state index is 6.06. The molecule has 0 aromatic heterocycles. The van der Waals surface area contributed by atoms with E-state index in [-0.39, 0.29) is 5.60 Å². The molecule has 1 aromatic carbocycles. The van der Waals surface area contributed by atoms with Gasteiger partial charge in [-0.25, -0.2) is 0 Å². The Hall–Kier alpha value is -1.18. The summed E-state index contributed by atoms with van der Waals surface area (Å²) in [5.41, 5.74) is 1.01. The Bertz CT molecular complexity index is 367. The number of hydrogen-bond acceptors (Lipinski definition) is 2. The molecule has 2 nitrogen and oxygen atoms in total. The average Bonchev–Trinajstić information content (AvgIpc) is 2.18. The van der Waals surface area contributed by atoms with Crippen molar-refractivity contribution in [1.29, 1.82) is 0 Å². The lowest BCUT2D eigenvalue weighted by Crippen LogP contribution is -2.30. The number of hydrogen-bond donors (Lipinski definition) is 0. The van der Waals surface area contributed by atoms with Gasteiger partial charge in [0.2, 0.25) is 0 Å². The first-order chi connectivity index (χ1) is 7.84. The summed E-state index contributed by atoms with van der Waals surface area (Å²) in [5.74, 6) is 2.24. The minimum atomic E-state index is -0.170. The molecule has 0 spiro atoms. The third kappa shape index (κ3) is 4.29. The SMILES string of the molecule is COc1cc(C)ccc1OC(C)(C)CC(C)C. The molecular weight excluding hydrogens is 212 g/mol. The van der Waals surface area contributed by atoms with E-state index in [4.69, 9.17) is 9.47 Å². The van der Waals surface area contributed by atoms with Crippen molar-refractivity contribution in [1.82, 2.24) is 0 Å². The van der Waals surface area contributed by atoms with Crippen molar-refractivity contribution in [3.8, 4) is 11.5 Å². The quantitative estimate of drug-likeness (QED) is 0.762. The molecule has 17 heavy (non-hydrogen) atoms. The van der Waals surface area contributed by atoms with Crippen LogP contribution in [0.3, 0.4) is 0 Å². The third-order valence-electron chi connectivity index (χ3n) is 2.61. The number of aryl methyl sites for hydroxylation is 1. The van der Waals surface area contributed by atoms with E-state index < -0.39 is 0 Å². The van der Waals surface area contributed by atoms with Gasteiger partial charge in [-0.3, -0.25) is 0 Å². The highest BCUT2D eigenvalue weighted by Crippen LogP contribution is 2.32. The molecule has 0 radical (unpaired) electrons. The summed E-state index contributed by atoms with van der Waals surface area (Å²) in [6, 6.07) is 6.03. The van der Waals surface area contributed by atoms with Gasteiger partial charge in [0.15, 0.2) is 11.5 Å². The van der Waals surface area contributed by atoms with Crippen molar-refractivity contribution in [3.05, 3.63) is 23.8 Å². The normalized spacial score (nSPS) is 11.7. The molecule has 1 aromatic rings. The molecule has 0 aliphatic rings. The van der Waals surface area contributed by atoms with Gasteiger partial charge in [-0.2, -0.15) is 0 Å². The van der Waals surface area contributed by atoms with Crippen LogP contribution in [0.4, 0.5) is 0 Å². The van der Waals surface area contributed by atoms with Gasteiger partial charge in [0.05, 0.1) is 7.11 Å². The Balaban J connectivity index is 2.87. The van der Waals surface area contributed by atoms with E-state index in [1.165, 1.54) is 5.56 Å². The van der Waals surface area contributed by atoms with Crippen molar-refractivity contribution in [2.45, 2.75) is 46.6 Å². The third-order valence-corrected chi connectivity index (χ3v) is 2.61. The highest BCUT2D eigenvalue weighted by Gasteiger charge is 2.22. The minimum absolute atomic E-state index is 0.170. The van der Waals surface area contributed by atoms with Gasteiger partial charge < -0.3 is 9.47 Å². The molecule has 0 unspecified atom stereocenters. The van der Waals surface area contributed by atoms with E-state index in [1.807, 2.05) is 25.1 Å². The summed E-state index contributed by atoms with van der Waals surface area (Å²) < 4.78 is 11.4. The number of methoxy groups -OCH3 is 1. The zero-order chi connectivity index (χ0) is 13.1. The number of benzene rings is 1. The predicted molar refractivity (Wildman–Crippen MR) is 71.9 cm³/mol. The van der Waals surface area contributed by atoms with Crippen molar-refractivity contribution in [2.75, 3.05) is 7.11 Å². The van der Waals surface area contributed by atoms with Gasteiger partial charge in [-0.1, -0.05) is 19.9 Å². The van der Waals surface area contributed by atoms with E-state index in [0.29, 0.717) is 5.92 Å². The molecular formula is C15H24O2. The molecule has 0 saturated carbocycles. The van der Waals surface area contributed by atoms with Crippen molar-refractivity contribution < 1.29 is 9.47 Å². The standard InChI is InChI=1S/C15H24O2/c1-11(2)10-15(4,5)17-13-8-7-12(3)9-14(13)16-6/h7-9,11H,10H2,1-6H3. The van der Waals surface area contributed by atoms with Crippen LogP contribution < -0.4 is 9.47 Å². The highest BCUT2D eigenvalue weighted by atomic mass is 16.5. The van der Waals surface area contributed by atoms with E-state index in [9.17, 15) is 0 Å². The van der Waals surface area contributed by atoms with Crippen molar-refractivity contribution in [3.63, 3.8) is 0 Å². The van der Waals surface area contributed by atoms with E-state index >= 15 is 0 Å². The van der Waals surface area contributed by atoms with Gasteiger partial charge in [-0.15, -0.1) is 0 Å². The Labute approximate surface area is 105 Å². The summed E-state index contributed by atoms with van der Waals surface area (Å²) in [7, 11) is 1.68. The molecule has 96 valence electrons. The Morgan fingerprint density at radius 1 is 1.18 bits per heavy atom. The summed E-state index contributed by atoms with van der Waals surface area (Å²) >= 11 is 0. The second-order valence-corrected chi connectivity index (χ2v) is 5.61.